The van der Waals surface area contributed by atoms with Crippen LogP contribution in [0.2, 0.25) is 0 Å². The Kier molecular flexibility index (Phi) is 7.44. The first-order valence-corrected chi connectivity index (χ1v) is 11.1. The van der Waals surface area contributed by atoms with Crippen molar-refractivity contribution in [3.05, 3.63) is 42.0 Å². The van der Waals surface area contributed by atoms with Gasteiger partial charge < -0.3 is 29.6 Å². The van der Waals surface area contributed by atoms with E-state index in [1.807, 2.05) is 18.2 Å². The van der Waals surface area contributed by atoms with Gasteiger partial charge in [-0.3, -0.25) is 4.79 Å². The fourth-order valence-corrected chi connectivity index (χ4v) is 3.80. The van der Waals surface area contributed by atoms with Crippen LogP contribution in [0.5, 0.6) is 5.75 Å². The summed E-state index contributed by atoms with van der Waals surface area (Å²) in [6, 6.07) is 12.6. The molecule has 2 amide bonds. The minimum atomic E-state index is -0.589. The van der Waals surface area contributed by atoms with E-state index in [1.54, 1.807) is 7.11 Å². The van der Waals surface area contributed by atoms with Crippen molar-refractivity contribution in [1.82, 2.24) is 10.6 Å². The van der Waals surface area contributed by atoms with Crippen molar-refractivity contribution in [2.75, 3.05) is 33.5 Å². The summed E-state index contributed by atoms with van der Waals surface area (Å²) in [6.07, 6.45) is 2.48. The Hall–Kier alpha value is -2.84. The standard InChI is InChI=1S/C24H30N2O6/c1-29-19-9-10-21-16(12-19)4-2-5-20(21)17-13-30-23(31-14-17)6-3-11-25-24(28)32-15-22(27)26-18-7-8-18/h2,4-5,9-10,12,17-18,23H,3,6-8,11,13-15H2,1H3,(H,25,28)(H,26,27)/t17-,23-. The minimum Gasteiger partial charge on any atom is -0.497 e. The van der Waals surface area contributed by atoms with E-state index in [0.29, 0.717) is 32.6 Å². The largest absolute Gasteiger partial charge is 0.497 e. The maximum atomic E-state index is 11.7. The number of rotatable bonds is 9. The summed E-state index contributed by atoms with van der Waals surface area (Å²) in [5.41, 5.74) is 1.21. The predicted molar refractivity (Wildman–Crippen MR) is 119 cm³/mol. The Morgan fingerprint density at radius 2 is 1.94 bits per heavy atom. The van der Waals surface area contributed by atoms with Crippen molar-refractivity contribution < 1.29 is 28.5 Å². The van der Waals surface area contributed by atoms with Gasteiger partial charge in [-0.25, -0.2) is 4.79 Å². The number of fused-ring (bicyclic) bond motifs is 1. The van der Waals surface area contributed by atoms with E-state index in [0.717, 1.165) is 24.0 Å². The van der Waals surface area contributed by atoms with Gasteiger partial charge in [-0.15, -0.1) is 0 Å². The van der Waals surface area contributed by atoms with Crippen molar-refractivity contribution in [1.29, 1.82) is 0 Å². The molecule has 8 heteroatoms. The number of benzene rings is 2. The number of carbonyl (C=O) groups is 2. The molecule has 0 bridgehead atoms. The van der Waals surface area contributed by atoms with Crippen LogP contribution in [0.3, 0.4) is 0 Å². The van der Waals surface area contributed by atoms with Gasteiger partial charge in [0.2, 0.25) is 0 Å². The lowest BCUT2D eigenvalue weighted by Crippen LogP contribution is -2.34. The lowest BCUT2D eigenvalue weighted by molar-refractivity contribution is -0.189. The number of hydrogen-bond acceptors (Lipinski definition) is 6. The van der Waals surface area contributed by atoms with E-state index < -0.39 is 6.09 Å². The molecular weight excluding hydrogens is 412 g/mol. The summed E-state index contributed by atoms with van der Waals surface area (Å²) in [6.45, 7) is 1.35. The predicted octanol–water partition coefficient (Wildman–Crippen LogP) is 3.09. The van der Waals surface area contributed by atoms with Gasteiger partial charge in [0.25, 0.3) is 5.91 Å². The normalized spacial score (nSPS) is 20.5. The zero-order valence-electron chi connectivity index (χ0n) is 18.3. The maximum Gasteiger partial charge on any atom is 0.407 e. The zero-order valence-corrected chi connectivity index (χ0v) is 18.3. The average molecular weight is 443 g/mol. The third kappa shape index (κ3) is 6.11. The fourth-order valence-electron chi connectivity index (χ4n) is 3.80. The van der Waals surface area contributed by atoms with Crippen LogP contribution >= 0.6 is 0 Å². The molecular formula is C24H30N2O6. The molecule has 2 aromatic rings. The topological polar surface area (TPSA) is 95.1 Å². The highest BCUT2D eigenvalue weighted by Gasteiger charge is 2.25. The first-order valence-electron chi connectivity index (χ1n) is 11.1. The van der Waals surface area contributed by atoms with Gasteiger partial charge in [0, 0.05) is 24.9 Å². The molecule has 1 saturated heterocycles. The molecule has 0 unspecified atom stereocenters. The van der Waals surface area contributed by atoms with Crippen molar-refractivity contribution in [2.45, 2.75) is 43.9 Å². The van der Waals surface area contributed by atoms with Gasteiger partial charge in [0.05, 0.1) is 20.3 Å². The molecule has 2 fully saturated rings. The second-order valence-corrected chi connectivity index (χ2v) is 8.21. The van der Waals surface area contributed by atoms with Gasteiger partial charge in [-0.2, -0.15) is 0 Å². The zero-order chi connectivity index (χ0) is 22.3. The lowest BCUT2D eigenvalue weighted by atomic mass is 9.94. The molecule has 1 aliphatic carbocycles. The van der Waals surface area contributed by atoms with Gasteiger partial charge in [-0.1, -0.05) is 24.3 Å². The number of carbonyl (C=O) groups excluding carboxylic acids is 2. The Labute approximate surface area is 187 Å². The van der Waals surface area contributed by atoms with Crippen LogP contribution in [0.25, 0.3) is 10.8 Å². The summed E-state index contributed by atoms with van der Waals surface area (Å²) in [5, 5.41) is 7.72. The van der Waals surface area contributed by atoms with E-state index in [2.05, 4.69) is 28.8 Å². The Morgan fingerprint density at radius 1 is 1.12 bits per heavy atom. The van der Waals surface area contributed by atoms with Crippen LogP contribution in [0.15, 0.2) is 36.4 Å². The Morgan fingerprint density at radius 3 is 2.69 bits per heavy atom. The minimum absolute atomic E-state index is 0.165. The van der Waals surface area contributed by atoms with Crippen molar-refractivity contribution in [2.24, 2.45) is 0 Å². The van der Waals surface area contributed by atoms with E-state index in [4.69, 9.17) is 18.9 Å². The molecule has 2 N–H and O–H groups in total. The number of amides is 2. The summed E-state index contributed by atoms with van der Waals surface area (Å²) in [7, 11) is 1.67. The second-order valence-electron chi connectivity index (χ2n) is 8.21. The van der Waals surface area contributed by atoms with Crippen LogP contribution in [0.4, 0.5) is 4.79 Å². The van der Waals surface area contributed by atoms with Gasteiger partial charge in [0.15, 0.2) is 12.9 Å². The number of alkyl carbamates (subject to hydrolysis) is 1. The highest BCUT2D eigenvalue weighted by molar-refractivity contribution is 5.87. The molecule has 172 valence electrons. The number of ether oxygens (including phenoxy) is 4. The van der Waals surface area contributed by atoms with Crippen LogP contribution in [0, 0.1) is 0 Å². The summed E-state index contributed by atoms with van der Waals surface area (Å²) in [5.74, 6) is 0.745. The van der Waals surface area contributed by atoms with Crippen molar-refractivity contribution >= 4 is 22.8 Å². The maximum absolute atomic E-state index is 11.7. The fraction of sp³-hybridized carbons (Fsp3) is 0.500. The molecule has 2 aliphatic rings. The molecule has 0 radical (unpaired) electrons. The number of nitrogens with one attached hydrogen (secondary N) is 2. The second kappa shape index (κ2) is 10.7. The van der Waals surface area contributed by atoms with Crippen molar-refractivity contribution in [3.63, 3.8) is 0 Å². The first-order chi connectivity index (χ1) is 15.6. The SMILES string of the molecule is COc1ccc2c(cccc2[C@H]2CO[C@H](CCCNC(=O)OCC(=O)NC3CC3)OC2)c1. The van der Waals surface area contributed by atoms with Crippen molar-refractivity contribution in [3.8, 4) is 5.75 Å². The summed E-state index contributed by atoms with van der Waals surface area (Å²) in [4.78, 5) is 23.2. The molecule has 32 heavy (non-hydrogen) atoms. The summed E-state index contributed by atoms with van der Waals surface area (Å²) >= 11 is 0. The van der Waals surface area contributed by atoms with Crippen LogP contribution in [-0.2, 0) is 19.0 Å². The third-order valence-corrected chi connectivity index (χ3v) is 5.69. The average Bonchev–Trinajstić information content (AvgIpc) is 3.64. The Balaban J connectivity index is 1.15. The smallest absolute Gasteiger partial charge is 0.407 e. The summed E-state index contributed by atoms with van der Waals surface area (Å²) < 4.78 is 22.1. The molecule has 1 saturated carbocycles. The molecule has 4 rings (SSSR count). The Bertz CT molecular complexity index is 937. The van der Waals surface area contributed by atoms with Crippen LogP contribution < -0.4 is 15.4 Å². The van der Waals surface area contributed by atoms with E-state index in [9.17, 15) is 9.59 Å². The van der Waals surface area contributed by atoms with Gasteiger partial charge in [-0.05, 0) is 47.7 Å². The highest BCUT2D eigenvalue weighted by atomic mass is 16.7. The lowest BCUT2D eigenvalue weighted by Gasteiger charge is -2.30. The third-order valence-electron chi connectivity index (χ3n) is 5.69. The number of hydrogen-bond donors (Lipinski definition) is 2. The first kappa shape index (κ1) is 22.4. The van der Waals surface area contributed by atoms with E-state index in [1.165, 1.54) is 10.9 Å². The molecule has 0 atom stereocenters. The molecule has 1 heterocycles. The molecule has 0 aromatic heterocycles. The molecule has 8 nitrogen and oxygen atoms in total. The monoisotopic (exact) mass is 442 g/mol. The van der Waals surface area contributed by atoms with E-state index >= 15 is 0 Å². The highest BCUT2D eigenvalue weighted by Crippen LogP contribution is 2.31. The number of methoxy groups -OCH3 is 1. The molecule has 0 spiro atoms. The quantitative estimate of drug-likeness (QED) is 0.580. The van der Waals surface area contributed by atoms with E-state index in [-0.39, 0.29) is 30.8 Å². The van der Waals surface area contributed by atoms with Crippen LogP contribution in [0.1, 0.15) is 37.2 Å². The molecule has 2 aromatic carbocycles. The van der Waals surface area contributed by atoms with Gasteiger partial charge in [0.1, 0.15) is 5.75 Å². The van der Waals surface area contributed by atoms with Gasteiger partial charge >= 0.3 is 6.09 Å². The van der Waals surface area contributed by atoms with Crippen LogP contribution in [-0.4, -0.2) is 57.8 Å². The molecule has 1 aliphatic heterocycles.